The number of ether oxygens (including phenoxy) is 1. The zero-order chi connectivity index (χ0) is 18.7. The van der Waals surface area contributed by atoms with Crippen LogP contribution >= 0.6 is 0 Å². The molecular formula is C20H29N3O3. The third-order valence-corrected chi connectivity index (χ3v) is 6.66. The molecule has 26 heavy (non-hydrogen) atoms. The number of esters is 1. The van der Waals surface area contributed by atoms with Crippen LogP contribution in [0.5, 0.6) is 0 Å². The zero-order valence-electron chi connectivity index (χ0n) is 15.7. The molecule has 0 aromatic carbocycles. The Morgan fingerprint density at radius 2 is 1.81 bits per heavy atom. The minimum absolute atomic E-state index is 0.0476. The number of nitrogens with zero attached hydrogens (tertiary/aromatic N) is 1. The Morgan fingerprint density at radius 1 is 1.23 bits per heavy atom. The Labute approximate surface area is 155 Å². The summed E-state index contributed by atoms with van der Waals surface area (Å²) >= 11 is 0. The maximum absolute atomic E-state index is 12.5. The highest BCUT2D eigenvalue weighted by atomic mass is 16.5. The number of hydrogen-bond acceptors (Lipinski definition) is 5. The normalized spacial score (nSPS) is 33.3. The molecule has 4 aliphatic carbocycles. The molecule has 0 radical (unpaired) electrons. The second-order valence-electron chi connectivity index (χ2n) is 8.43. The van der Waals surface area contributed by atoms with Crippen LogP contribution in [0.25, 0.3) is 0 Å². The molecule has 1 unspecified atom stereocenters. The lowest BCUT2D eigenvalue weighted by Crippen LogP contribution is -2.56. The standard InChI is InChI=1S/C20H29N3O3/c1-13(20-8-14-5-15(9-20)7-16(6-14)10-20)23-19(25)17(11-21)12-22-4-3-18(24)26-2/h12-16,22H,3-10H2,1-2H3,(H,23,25)/b17-12-. The van der Waals surface area contributed by atoms with Crippen molar-refractivity contribution in [3.8, 4) is 6.07 Å². The van der Waals surface area contributed by atoms with Gasteiger partial charge in [0.1, 0.15) is 11.6 Å². The molecule has 0 saturated heterocycles. The number of rotatable bonds is 7. The molecule has 4 aliphatic rings. The van der Waals surface area contributed by atoms with Gasteiger partial charge in [-0.25, -0.2) is 0 Å². The Morgan fingerprint density at radius 3 is 2.31 bits per heavy atom. The Kier molecular flexibility index (Phi) is 5.55. The quantitative estimate of drug-likeness (QED) is 0.315. The van der Waals surface area contributed by atoms with E-state index in [9.17, 15) is 14.9 Å². The zero-order valence-corrected chi connectivity index (χ0v) is 15.7. The number of nitriles is 1. The van der Waals surface area contributed by atoms with Crippen LogP contribution in [0.1, 0.15) is 51.9 Å². The predicted molar refractivity (Wildman–Crippen MR) is 96.5 cm³/mol. The van der Waals surface area contributed by atoms with Gasteiger partial charge in [-0.2, -0.15) is 5.26 Å². The number of amides is 1. The molecule has 0 spiro atoms. The molecule has 4 saturated carbocycles. The van der Waals surface area contributed by atoms with Gasteiger partial charge in [-0.1, -0.05) is 0 Å². The van der Waals surface area contributed by atoms with E-state index in [1.807, 2.05) is 6.07 Å². The summed E-state index contributed by atoms with van der Waals surface area (Å²) < 4.78 is 4.56. The summed E-state index contributed by atoms with van der Waals surface area (Å²) in [5.41, 5.74) is 0.259. The number of hydrogen-bond donors (Lipinski definition) is 2. The van der Waals surface area contributed by atoms with Crippen LogP contribution < -0.4 is 10.6 Å². The minimum Gasteiger partial charge on any atom is -0.469 e. The Bertz CT molecular complexity index is 599. The maximum Gasteiger partial charge on any atom is 0.307 e. The summed E-state index contributed by atoms with van der Waals surface area (Å²) in [4.78, 5) is 23.6. The molecule has 4 bridgehead atoms. The van der Waals surface area contributed by atoms with Crippen molar-refractivity contribution in [1.82, 2.24) is 10.6 Å². The third kappa shape index (κ3) is 3.87. The lowest BCUT2D eigenvalue weighted by atomic mass is 9.48. The van der Waals surface area contributed by atoms with Gasteiger partial charge in [0, 0.05) is 18.8 Å². The third-order valence-electron chi connectivity index (χ3n) is 6.66. The van der Waals surface area contributed by atoms with Crippen LogP contribution in [0.3, 0.4) is 0 Å². The topological polar surface area (TPSA) is 91.2 Å². The molecule has 6 heteroatoms. The predicted octanol–water partition coefficient (Wildman–Crippen LogP) is 2.27. The number of carbonyl (C=O) groups is 2. The van der Waals surface area contributed by atoms with Gasteiger partial charge >= 0.3 is 5.97 Å². The highest BCUT2D eigenvalue weighted by Gasteiger charge is 2.53. The molecule has 0 heterocycles. The lowest BCUT2D eigenvalue weighted by Gasteiger charge is -2.59. The van der Waals surface area contributed by atoms with Crippen LogP contribution in [0.4, 0.5) is 0 Å². The summed E-state index contributed by atoms with van der Waals surface area (Å²) in [5, 5.41) is 15.2. The van der Waals surface area contributed by atoms with Gasteiger partial charge in [0.05, 0.1) is 13.5 Å². The van der Waals surface area contributed by atoms with Gasteiger partial charge < -0.3 is 15.4 Å². The SMILES string of the molecule is COC(=O)CCN/C=C(/C#N)C(=O)NC(C)C12CC3CC(CC(C3)C1)C2. The van der Waals surface area contributed by atoms with Crippen molar-refractivity contribution in [2.24, 2.45) is 23.2 Å². The summed E-state index contributed by atoms with van der Waals surface area (Å²) in [7, 11) is 1.33. The monoisotopic (exact) mass is 359 g/mol. The average molecular weight is 359 g/mol. The summed E-state index contributed by atoms with van der Waals surface area (Å²) in [6.07, 6.45) is 9.33. The van der Waals surface area contributed by atoms with Crippen LogP contribution in [-0.4, -0.2) is 31.6 Å². The maximum atomic E-state index is 12.5. The van der Waals surface area contributed by atoms with Crippen molar-refractivity contribution in [2.75, 3.05) is 13.7 Å². The van der Waals surface area contributed by atoms with E-state index in [-0.39, 0.29) is 35.3 Å². The van der Waals surface area contributed by atoms with E-state index in [0.717, 1.165) is 17.8 Å². The summed E-state index contributed by atoms with van der Waals surface area (Å²) in [5.74, 6) is 1.82. The fourth-order valence-corrected chi connectivity index (χ4v) is 5.73. The minimum atomic E-state index is -0.332. The Balaban J connectivity index is 1.56. The van der Waals surface area contributed by atoms with Gasteiger partial charge in [0.2, 0.25) is 0 Å². The van der Waals surface area contributed by atoms with Gasteiger partial charge in [-0.3, -0.25) is 9.59 Å². The Hall–Kier alpha value is -2.03. The second-order valence-corrected chi connectivity index (χ2v) is 8.43. The van der Waals surface area contributed by atoms with Gasteiger partial charge in [0.15, 0.2) is 0 Å². The van der Waals surface area contributed by atoms with E-state index in [1.54, 1.807) is 0 Å². The van der Waals surface area contributed by atoms with Crippen LogP contribution in [0, 0.1) is 34.5 Å². The second kappa shape index (κ2) is 7.69. The van der Waals surface area contributed by atoms with Crippen molar-refractivity contribution in [3.63, 3.8) is 0 Å². The highest BCUT2D eigenvalue weighted by molar-refractivity contribution is 5.97. The largest absolute Gasteiger partial charge is 0.469 e. The number of nitrogens with one attached hydrogen (secondary N) is 2. The van der Waals surface area contributed by atoms with Gasteiger partial charge in [-0.15, -0.1) is 0 Å². The van der Waals surface area contributed by atoms with Gasteiger partial charge in [-0.05, 0) is 68.6 Å². The smallest absolute Gasteiger partial charge is 0.307 e. The molecule has 142 valence electrons. The van der Waals surface area contributed by atoms with E-state index < -0.39 is 0 Å². The van der Waals surface area contributed by atoms with Crippen LogP contribution in [0.15, 0.2) is 11.8 Å². The molecule has 1 atom stereocenters. The first kappa shape index (κ1) is 18.8. The van der Waals surface area contributed by atoms with Crippen molar-refractivity contribution >= 4 is 11.9 Å². The van der Waals surface area contributed by atoms with E-state index in [2.05, 4.69) is 22.3 Å². The van der Waals surface area contributed by atoms with E-state index in [0.29, 0.717) is 6.54 Å². The molecule has 2 N–H and O–H groups in total. The molecular weight excluding hydrogens is 330 g/mol. The molecule has 0 aliphatic heterocycles. The number of methoxy groups -OCH3 is 1. The van der Waals surface area contributed by atoms with Crippen molar-refractivity contribution in [1.29, 1.82) is 5.26 Å². The van der Waals surface area contributed by atoms with Crippen molar-refractivity contribution in [3.05, 3.63) is 11.8 Å². The summed E-state index contributed by atoms with van der Waals surface area (Å²) in [6, 6.07) is 2.03. The fraction of sp³-hybridized carbons (Fsp3) is 0.750. The molecule has 0 aromatic rings. The lowest BCUT2D eigenvalue weighted by molar-refractivity contribution is -0.140. The first-order valence-electron chi connectivity index (χ1n) is 9.67. The fourth-order valence-electron chi connectivity index (χ4n) is 5.73. The molecule has 4 rings (SSSR count). The van der Waals surface area contributed by atoms with Crippen molar-refractivity contribution < 1.29 is 14.3 Å². The highest BCUT2D eigenvalue weighted by Crippen LogP contribution is 2.61. The van der Waals surface area contributed by atoms with E-state index in [1.165, 1.54) is 51.8 Å². The molecule has 0 aromatic heterocycles. The van der Waals surface area contributed by atoms with E-state index >= 15 is 0 Å². The molecule has 6 nitrogen and oxygen atoms in total. The van der Waals surface area contributed by atoms with Gasteiger partial charge in [0.25, 0.3) is 5.91 Å². The van der Waals surface area contributed by atoms with Crippen molar-refractivity contribution in [2.45, 2.75) is 57.9 Å². The first-order valence-corrected chi connectivity index (χ1v) is 9.67. The molecule has 1 amide bonds. The first-order chi connectivity index (χ1) is 12.5. The molecule has 4 fully saturated rings. The summed E-state index contributed by atoms with van der Waals surface area (Å²) in [6.45, 7) is 2.43. The van der Waals surface area contributed by atoms with E-state index in [4.69, 9.17) is 0 Å². The van der Waals surface area contributed by atoms with Crippen LogP contribution in [0.2, 0.25) is 0 Å². The van der Waals surface area contributed by atoms with Crippen LogP contribution in [-0.2, 0) is 14.3 Å². The average Bonchev–Trinajstić information content (AvgIpc) is 2.60. The number of carbonyl (C=O) groups excluding carboxylic acids is 2.